The molecule has 1 N–H and O–H groups in total. The molecule has 0 amide bonds. The summed E-state index contributed by atoms with van der Waals surface area (Å²) in [6.45, 7) is 5.93. The van der Waals surface area contributed by atoms with E-state index in [2.05, 4.69) is 18.5 Å². The van der Waals surface area contributed by atoms with Crippen LogP contribution >= 0.6 is 0 Å². The minimum absolute atomic E-state index is 0.307. The number of hydrogen-bond acceptors (Lipinski definition) is 2. The molecule has 0 saturated heterocycles. The van der Waals surface area contributed by atoms with Gasteiger partial charge in [-0.2, -0.15) is 0 Å². The van der Waals surface area contributed by atoms with Crippen LogP contribution in [-0.4, -0.2) is 36.8 Å². The van der Waals surface area contributed by atoms with Crippen molar-refractivity contribution in [2.24, 2.45) is 0 Å². The fraction of sp³-hybridized carbons (Fsp3) is 0.750. The van der Waals surface area contributed by atoms with Crippen LogP contribution in [0.25, 0.3) is 0 Å². The Morgan fingerprint density at radius 2 is 2.20 bits per heavy atom. The average molecular weight is 143 g/mol. The molecule has 2 nitrogen and oxygen atoms in total. The van der Waals surface area contributed by atoms with Crippen molar-refractivity contribution in [1.29, 1.82) is 0 Å². The van der Waals surface area contributed by atoms with Crippen molar-refractivity contribution >= 4 is 0 Å². The highest BCUT2D eigenvalue weighted by atomic mass is 16.2. The summed E-state index contributed by atoms with van der Waals surface area (Å²) in [4.78, 5) is 2.18. The molecule has 0 heterocycles. The first-order valence-corrected chi connectivity index (χ1v) is 3.71. The molecule has 0 aliphatic carbocycles. The molecule has 0 atom stereocenters. The molecule has 0 bridgehead atoms. The second-order valence-electron chi connectivity index (χ2n) is 2.48. The van der Waals surface area contributed by atoms with Gasteiger partial charge in [0.2, 0.25) is 0 Å². The summed E-state index contributed by atoms with van der Waals surface area (Å²) < 4.78 is 0. The largest absolute Gasteiger partial charge is 0.396 e. The van der Waals surface area contributed by atoms with Crippen LogP contribution in [-0.2, 0) is 0 Å². The second kappa shape index (κ2) is 6.78. The zero-order chi connectivity index (χ0) is 7.82. The maximum Gasteiger partial charge on any atom is 0.0431 e. The molecule has 0 spiro atoms. The van der Waals surface area contributed by atoms with Crippen molar-refractivity contribution in [2.75, 3.05) is 26.7 Å². The molecule has 0 fully saturated rings. The molecule has 0 aromatic carbocycles. The van der Waals surface area contributed by atoms with Crippen LogP contribution in [0.5, 0.6) is 0 Å². The van der Waals surface area contributed by atoms with E-state index in [0.717, 1.165) is 25.9 Å². The molecular weight excluding hydrogens is 126 g/mol. The summed E-state index contributed by atoms with van der Waals surface area (Å²) in [5, 5.41) is 8.47. The summed E-state index contributed by atoms with van der Waals surface area (Å²) in [5.41, 5.74) is 0. The van der Waals surface area contributed by atoms with Gasteiger partial charge >= 0.3 is 0 Å². The first-order chi connectivity index (χ1) is 4.81. The predicted molar refractivity (Wildman–Crippen MR) is 44.0 cm³/mol. The van der Waals surface area contributed by atoms with Gasteiger partial charge in [0.15, 0.2) is 0 Å². The summed E-state index contributed by atoms with van der Waals surface area (Å²) in [7, 11) is 2.05. The van der Waals surface area contributed by atoms with Gasteiger partial charge in [-0.15, -0.1) is 6.58 Å². The molecule has 0 radical (unpaired) electrons. The van der Waals surface area contributed by atoms with Crippen LogP contribution in [0.2, 0.25) is 0 Å². The number of unbranched alkanes of at least 4 members (excludes halogenated alkanes) is 1. The van der Waals surface area contributed by atoms with Gasteiger partial charge < -0.3 is 10.0 Å². The summed E-state index contributed by atoms with van der Waals surface area (Å²) in [6, 6.07) is 0. The molecule has 0 aromatic heterocycles. The van der Waals surface area contributed by atoms with Crippen molar-refractivity contribution in [3.05, 3.63) is 12.7 Å². The van der Waals surface area contributed by atoms with E-state index in [-0.39, 0.29) is 0 Å². The Morgan fingerprint density at radius 1 is 1.50 bits per heavy atom. The van der Waals surface area contributed by atoms with E-state index in [4.69, 9.17) is 5.11 Å². The lowest BCUT2D eigenvalue weighted by Crippen LogP contribution is -2.19. The summed E-state index contributed by atoms with van der Waals surface area (Å²) in [5.74, 6) is 0. The normalized spacial score (nSPS) is 10.3. The van der Waals surface area contributed by atoms with E-state index < -0.39 is 0 Å². The first kappa shape index (κ1) is 9.66. The molecule has 0 aliphatic heterocycles. The minimum atomic E-state index is 0.307. The molecule has 10 heavy (non-hydrogen) atoms. The number of hydrogen-bond donors (Lipinski definition) is 1. The second-order valence-corrected chi connectivity index (χ2v) is 2.48. The van der Waals surface area contributed by atoms with Gasteiger partial charge in [0, 0.05) is 13.2 Å². The van der Waals surface area contributed by atoms with E-state index >= 15 is 0 Å². The Bertz CT molecular complexity index is 83.3. The number of rotatable bonds is 6. The Hall–Kier alpha value is -0.340. The number of aliphatic hydroxyl groups is 1. The zero-order valence-corrected chi connectivity index (χ0v) is 6.71. The van der Waals surface area contributed by atoms with Gasteiger partial charge in [0.25, 0.3) is 0 Å². The highest BCUT2D eigenvalue weighted by Gasteiger charge is 1.92. The SMILES string of the molecule is C=CCN(C)CCCCO. The highest BCUT2D eigenvalue weighted by Crippen LogP contribution is 1.90. The van der Waals surface area contributed by atoms with Crippen molar-refractivity contribution in [1.82, 2.24) is 4.90 Å². The molecule has 0 unspecified atom stereocenters. The highest BCUT2D eigenvalue weighted by molar-refractivity contribution is 4.70. The fourth-order valence-corrected chi connectivity index (χ4v) is 0.805. The van der Waals surface area contributed by atoms with E-state index in [1.165, 1.54) is 0 Å². The Balaban J connectivity index is 3.04. The monoisotopic (exact) mass is 143 g/mol. The van der Waals surface area contributed by atoms with Gasteiger partial charge in [-0.05, 0) is 26.4 Å². The number of likely N-dealkylation sites (N-methyl/N-ethyl adjacent to an activating group) is 1. The molecular formula is C8H17NO. The number of nitrogens with zero attached hydrogens (tertiary/aromatic N) is 1. The maximum atomic E-state index is 8.47. The molecule has 0 aliphatic rings. The molecule has 0 aromatic rings. The fourth-order valence-electron chi connectivity index (χ4n) is 0.805. The number of aliphatic hydroxyl groups excluding tert-OH is 1. The summed E-state index contributed by atoms with van der Waals surface area (Å²) >= 11 is 0. The Morgan fingerprint density at radius 3 is 2.70 bits per heavy atom. The van der Waals surface area contributed by atoms with E-state index in [1.807, 2.05) is 6.08 Å². The minimum Gasteiger partial charge on any atom is -0.396 e. The van der Waals surface area contributed by atoms with Crippen molar-refractivity contribution in [3.8, 4) is 0 Å². The van der Waals surface area contributed by atoms with Gasteiger partial charge in [-0.3, -0.25) is 0 Å². The topological polar surface area (TPSA) is 23.5 Å². The lowest BCUT2D eigenvalue weighted by molar-refractivity contribution is 0.269. The van der Waals surface area contributed by atoms with E-state index in [9.17, 15) is 0 Å². The standard InChI is InChI=1S/C8H17NO/c1-3-6-9(2)7-4-5-8-10/h3,10H,1,4-8H2,2H3. The van der Waals surface area contributed by atoms with Gasteiger partial charge in [-0.1, -0.05) is 6.08 Å². The Labute approximate surface area is 63.2 Å². The molecule has 60 valence electrons. The third-order valence-electron chi connectivity index (χ3n) is 1.39. The van der Waals surface area contributed by atoms with E-state index in [1.54, 1.807) is 0 Å². The smallest absolute Gasteiger partial charge is 0.0431 e. The third-order valence-corrected chi connectivity index (χ3v) is 1.39. The lowest BCUT2D eigenvalue weighted by atomic mass is 10.3. The van der Waals surface area contributed by atoms with Crippen molar-refractivity contribution < 1.29 is 5.11 Å². The molecule has 0 rings (SSSR count). The van der Waals surface area contributed by atoms with E-state index in [0.29, 0.717) is 6.61 Å². The quantitative estimate of drug-likeness (QED) is 0.440. The van der Waals surface area contributed by atoms with Crippen LogP contribution in [0.15, 0.2) is 12.7 Å². The van der Waals surface area contributed by atoms with Crippen LogP contribution < -0.4 is 0 Å². The third kappa shape index (κ3) is 5.79. The first-order valence-electron chi connectivity index (χ1n) is 3.71. The predicted octanol–water partition coefficient (Wildman–Crippen LogP) is 0.877. The van der Waals surface area contributed by atoms with Crippen LogP contribution in [0.3, 0.4) is 0 Å². The van der Waals surface area contributed by atoms with Gasteiger partial charge in [0.05, 0.1) is 0 Å². The molecule has 2 heteroatoms. The van der Waals surface area contributed by atoms with Crippen LogP contribution in [0, 0.1) is 0 Å². The average Bonchev–Trinajstić information content (AvgIpc) is 1.89. The zero-order valence-electron chi connectivity index (χ0n) is 6.71. The van der Waals surface area contributed by atoms with Crippen LogP contribution in [0.1, 0.15) is 12.8 Å². The van der Waals surface area contributed by atoms with Crippen molar-refractivity contribution in [3.63, 3.8) is 0 Å². The maximum absolute atomic E-state index is 8.47. The van der Waals surface area contributed by atoms with Crippen LogP contribution in [0.4, 0.5) is 0 Å². The van der Waals surface area contributed by atoms with Crippen molar-refractivity contribution in [2.45, 2.75) is 12.8 Å². The molecule has 0 saturated carbocycles. The van der Waals surface area contributed by atoms with Gasteiger partial charge in [-0.25, -0.2) is 0 Å². The van der Waals surface area contributed by atoms with Gasteiger partial charge in [0.1, 0.15) is 0 Å². The Kier molecular flexibility index (Phi) is 6.55. The lowest BCUT2D eigenvalue weighted by Gasteiger charge is -2.12. The summed E-state index contributed by atoms with van der Waals surface area (Å²) in [6.07, 6.45) is 3.86.